The molecule has 0 spiro atoms. The van der Waals surface area contributed by atoms with Crippen molar-refractivity contribution in [2.24, 2.45) is 0 Å². The van der Waals surface area contributed by atoms with Gasteiger partial charge >= 0.3 is 0 Å². The molecule has 0 aliphatic carbocycles. The van der Waals surface area contributed by atoms with Crippen molar-refractivity contribution < 1.29 is 24.1 Å². The van der Waals surface area contributed by atoms with Gasteiger partial charge in [-0.3, -0.25) is 0 Å². The van der Waals surface area contributed by atoms with Gasteiger partial charge < -0.3 is 24.1 Å². The van der Waals surface area contributed by atoms with Gasteiger partial charge in [-0.15, -0.1) is 0 Å². The number of rotatable bonds is 9. The lowest BCUT2D eigenvalue weighted by atomic mass is 10.5. The molecule has 1 saturated heterocycles. The number of ether oxygens (including phenoxy) is 2. The molecule has 0 aromatic rings. The summed E-state index contributed by atoms with van der Waals surface area (Å²) in [5.74, 6) is 0. The van der Waals surface area contributed by atoms with Crippen LogP contribution in [0.1, 0.15) is 6.42 Å². The second-order valence-electron chi connectivity index (χ2n) is 3.84. The van der Waals surface area contributed by atoms with E-state index in [1.807, 2.05) is 0 Å². The van der Waals surface area contributed by atoms with Crippen LogP contribution in [0.4, 0.5) is 0 Å². The molecule has 90 valence electrons. The largest absolute Gasteiger partial charge is 0.415 e. The van der Waals surface area contributed by atoms with Crippen LogP contribution in [-0.2, 0) is 13.9 Å². The lowest BCUT2D eigenvalue weighted by Crippen LogP contribution is -2.46. The highest BCUT2D eigenvalue weighted by molar-refractivity contribution is 6.73. The minimum atomic E-state index is -2.28. The van der Waals surface area contributed by atoms with Crippen molar-refractivity contribution >= 4 is 8.32 Å². The van der Waals surface area contributed by atoms with E-state index in [9.17, 15) is 0 Å². The Morgan fingerprint density at radius 2 is 2.07 bits per heavy atom. The van der Waals surface area contributed by atoms with Gasteiger partial charge in [0.05, 0.1) is 25.7 Å². The number of hydrogen-bond acceptors (Lipinski definition) is 5. The van der Waals surface area contributed by atoms with E-state index >= 15 is 0 Å². The van der Waals surface area contributed by atoms with Gasteiger partial charge in [0.1, 0.15) is 6.10 Å². The fraction of sp³-hybridized carbons (Fsp3) is 1.00. The van der Waals surface area contributed by atoms with E-state index in [0.717, 1.165) is 19.1 Å². The molecule has 1 aliphatic rings. The van der Waals surface area contributed by atoms with E-state index in [4.69, 9.17) is 24.1 Å². The standard InChI is InChI=1S/C9H20O5Si/c1-12-15(7-10,8-11)4-2-3-13-5-9-6-14-9/h9-11H,2-8H2,1H3. The van der Waals surface area contributed by atoms with Crippen molar-refractivity contribution in [3.05, 3.63) is 0 Å². The molecule has 6 heteroatoms. The normalized spacial score (nSPS) is 20.6. The molecular formula is C9H20O5Si. The maximum Gasteiger partial charge on any atom is 0.242 e. The summed E-state index contributed by atoms with van der Waals surface area (Å²) < 4.78 is 15.6. The van der Waals surface area contributed by atoms with E-state index < -0.39 is 8.32 Å². The highest BCUT2D eigenvalue weighted by Gasteiger charge is 2.32. The van der Waals surface area contributed by atoms with Crippen molar-refractivity contribution in [2.45, 2.75) is 18.6 Å². The van der Waals surface area contributed by atoms with Gasteiger partial charge in [-0.2, -0.15) is 0 Å². The molecule has 1 fully saturated rings. The molecule has 0 bridgehead atoms. The van der Waals surface area contributed by atoms with Crippen molar-refractivity contribution in [3.63, 3.8) is 0 Å². The third-order valence-electron chi connectivity index (χ3n) is 2.64. The summed E-state index contributed by atoms with van der Waals surface area (Å²) in [5.41, 5.74) is 0. The number of aliphatic hydroxyl groups is 2. The zero-order valence-electron chi connectivity index (χ0n) is 9.15. The van der Waals surface area contributed by atoms with Crippen LogP contribution >= 0.6 is 0 Å². The molecule has 0 aromatic carbocycles. The summed E-state index contributed by atoms with van der Waals surface area (Å²) in [4.78, 5) is 0. The highest BCUT2D eigenvalue weighted by Crippen LogP contribution is 2.13. The summed E-state index contributed by atoms with van der Waals surface area (Å²) in [6.45, 7) is 2.10. The number of epoxide rings is 1. The summed E-state index contributed by atoms with van der Waals surface area (Å²) in [7, 11) is -0.726. The zero-order chi connectivity index (χ0) is 11.1. The summed E-state index contributed by atoms with van der Waals surface area (Å²) >= 11 is 0. The maximum atomic E-state index is 9.15. The predicted octanol–water partition coefficient (Wildman–Crippen LogP) is -0.553. The first-order valence-corrected chi connectivity index (χ1v) is 7.75. The predicted molar refractivity (Wildman–Crippen MR) is 56.9 cm³/mol. The quantitative estimate of drug-likeness (QED) is 0.319. The molecule has 2 N–H and O–H groups in total. The first-order valence-electron chi connectivity index (χ1n) is 5.22. The minimum absolute atomic E-state index is 0.0360. The Bertz CT molecular complexity index is 162. The van der Waals surface area contributed by atoms with Gasteiger partial charge in [-0.25, -0.2) is 0 Å². The van der Waals surface area contributed by atoms with Gasteiger partial charge in [0.2, 0.25) is 8.32 Å². The smallest absolute Gasteiger partial charge is 0.242 e. The van der Waals surface area contributed by atoms with E-state index in [0.29, 0.717) is 19.3 Å². The Morgan fingerprint density at radius 3 is 2.53 bits per heavy atom. The summed E-state index contributed by atoms with van der Waals surface area (Å²) in [6, 6.07) is 0.724. The molecule has 1 rings (SSSR count). The molecular weight excluding hydrogens is 216 g/mol. The van der Waals surface area contributed by atoms with E-state index in [-0.39, 0.29) is 12.5 Å². The van der Waals surface area contributed by atoms with Crippen LogP contribution in [0.2, 0.25) is 6.04 Å². The van der Waals surface area contributed by atoms with E-state index in [2.05, 4.69) is 0 Å². The van der Waals surface area contributed by atoms with Crippen molar-refractivity contribution in [1.29, 1.82) is 0 Å². The van der Waals surface area contributed by atoms with Gasteiger partial charge in [-0.05, 0) is 12.5 Å². The van der Waals surface area contributed by atoms with Crippen LogP contribution in [-0.4, -0.2) is 64.0 Å². The monoisotopic (exact) mass is 236 g/mol. The van der Waals surface area contributed by atoms with Gasteiger partial charge in [-0.1, -0.05) is 0 Å². The van der Waals surface area contributed by atoms with Gasteiger partial charge in [0.15, 0.2) is 0 Å². The molecule has 15 heavy (non-hydrogen) atoms. The van der Waals surface area contributed by atoms with Crippen LogP contribution in [0.25, 0.3) is 0 Å². The summed E-state index contributed by atoms with van der Waals surface area (Å²) in [6.07, 6.45) is 1.04. The van der Waals surface area contributed by atoms with Crippen LogP contribution in [0.5, 0.6) is 0 Å². The van der Waals surface area contributed by atoms with Crippen molar-refractivity contribution in [3.8, 4) is 0 Å². The average molecular weight is 236 g/mol. The topological polar surface area (TPSA) is 71.5 Å². The second-order valence-corrected chi connectivity index (χ2v) is 7.74. The Hall–Kier alpha value is 0.0169. The first-order chi connectivity index (χ1) is 7.26. The molecule has 0 aromatic heterocycles. The Labute approximate surface area is 91.1 Å². The lowest BCUT2D eigenvalue weighted by molar-refractivity contribution is 0.115. The van der Waals surface area contributed by atoms with Crippen LogP contribution in [0.3, 0.4) is 0 Å². The third kappa shape index (κ3) is 4.58. The Morgan fingerprint density at radius 1 is 1.40 bits per heavy atom. The first kappa shape index (κ1) is 13.1. The Kier molecular flexibility index (Phi) is 5.73. The molecule has 1 atom stereocenters. The number of hydrogen-bond donors (Lipinski definition) is 2. The molecule has 0 amide bonds. The second kappa shape index (κ2) is 6.57. The molecule has 5 nitrogen and oxygen atoms in total. The van der Waals surface area contributed by atoms with Gasteiger partial charge in [0, 0.05) is 13.7 Å². The lowest BCUT2D eigenvalue weighted by Gasteiger charge is -2.24. The Balaban J connectivity index is 2.04. The minimum Gasteiger partial charge on any atom is -0.415 e. The fourth-order valence-corrected chi connectivity index (χ4v) is 2.98. The van der Waals surface area contributed by atoms with E-state index in [1.165, 1.54) is 0 Å². The molecule has 1 unspecified atom stereocenters. The average Bonchev–Trinajstić information content (AvgIpc) is 3.08. The summed E-state index contributed by atoms with van der Waals surface area (Å²) in [5, 5.41) is 18.3. The van der Waals surface area contributed by atoms with Crippen LogP contribution in [0, 0.1) is 0 Å². The molecule has 1 aliphatic heterocycles. The van der Waals surface area contributed by atoms with Crippen LogP contribution in [0.15, 0.2) is 0 Å². The fourth-order valence-electron chi connectivity index (χ4n) is 1.31. The van der Waals surface area contributed by atoms with Crippen LogP contribution < -0.4 is 0 Å². The number of aliphatic hydroxyl groups excluding tert-OH is 2. The van der Waals surface area contributed by atoms with E-state index in [1.54, 1.807) is 7.11 Å². The van der Waals surface area contributed by atoms with Crippen molar-refractivity contribution in [1.82, 2.24) is 0 Å². The molecule has 0 saturated carbocycles. The highest BCUT2D eigenvalue weighted by atomic mass is 28.4. The van der Waals surface area contributed by atoms with Gasteiger partial charge in [0.25, 0.3) is 0 Å². The molecule has 0 radical (unpaired) electrons. The maximum absolute atomic E-state index is 9.15. The molecule has 1 heterocycles. The van der Waals surface area contributed by atoms with Crippen molar-refractivity contribution in [2.75, 3.05) is 39.4 Å². The zero-order valence-corrected chi connectivity index (χ0v) is 10.1. The third-order valence-corrected chi connectivity index (χ3v) is 5.92. The SMILES string of the molecule is CO[Si](CO)(CO)CCCOCC1CO1.